The van der Waals surface area contributed by atoms with E-state index in [1.165, 1.54) is 0 Å². The lowest BCUT2D eigenvalue weighted by Gasteiger charge is -2.21. The highest BCUT2D eigenvalue weighted by molar-refractivity contribution is 5.69. The molecule has 0 heterocycles. The minimum atomic E-state index is -0.133. The Morgan fingerprint density at radius 3 is 1.64 bits per heavy atom. The van der Waals surface area contributed by atoms with Crippen molar-refractivity contribution in [2.45, 2.75) is 51.9 Å². The molecule has 0 amide bonds. The Balaban J connectivity index is 4.52. The Morgan fingerprint density at radius 1 is 0.606 bits per heavy atom. The summed E-state index contributed by atoms with van der Waals surface area (Å²) < 4.78 is 38.3. The number of unbranched alkanes of at least 4 members (excludes halogenated alkanes) is 2. The molecule has 0 aliphatic rings. The number of hydrogen-bond donors (Lipinski definition) is 0. The van der Waals surface area contributed by atoms with Gasteiger partial charge in [-0.3, -0.25) is 4.79 Å². The molecule has 0 aromatic carbocycles. The van der Waals surface area contributed by atoms with Crippen LogP contribution < -0.4 is 0 Å². The predicted molar refractivity (Wildman–Crippen MR) is 129 cm³/mol. The van der Waals surface area contributed by atoms with E-state index in [-0.39, 0.29) is 17.8 Å². The lowest BCUT2D eigenvalue weighted by molar-refractivity contribution is -0.146. The van der Waals surface area contributed by atoms with Crippen LogP contribution in [0.25, 0.3) is 0 Å². The van der Waals surface area contributed by atoms with Gasteiger partial charge in [-0.05, 0) is 25.7 Å². The van der Waals surface area contributed by atoms with E-state index in [4.69, 9.17) is 33.2 Å². The van der Waals surface area contributed by atoms with Crippen molar-refractivity contribution >= 4 is 5.97 Å². The van der Waals surface area contributed by atoms with Gasteiger partial charge >= 0.3 is 5.97 Å². The summed E-state index contributed by atoms with van der Waals surface area (Å²) in [7, 11) is 6.79. The van der Waals surface area contributed by atoms with E-state index in [1.54, 1.807) is 28.4 Å². The molecule has 3 unspecified atom stereocenters. The highest BCUT2D eigenvalue weighted by atomic mass is 16.5. The summed E-state index contributed by atoms with van der Waals surface area (Å²) in [5.41, 5.74) is 0. The average Bonchev–Trinajstić information content (AvgIpc) is 2.81. The first-order chi connectivity index (χ1) is 16.1. The summed E-state index contributed by atoms with van der Waals surface area (Å²) >= 11 is 0. The summed E-state index contributed by atoms with van der Waals surface area (Å²) in [5.74, 6) is 0.535. The van der Waals surface area contributed by atoms with Crippen molar-refractivity contribution in [2.24, 2.45) is 17.8 Å². The van der Waals surface area contributed by atoms with E-state index < -0.39 is 0 Å². The van der Waals surface area contributed by atoms with Crippen molar-refractivity contribution in [1.82, 2.24) is 0 Å². The van der Waals surface area contributed by atoms with E-state index in [0.29, 0.717) is 71.8 Å². The summed E-state index contributed by atoms with van der Waals surface area (Å²) in [4.78, 5) is 12.0. The van der Waals surface area contributed by atoms with Gasteiger partial charge in [-0.2, -0.15) is 0 Å². The third-order valence-corrected chi connectivity index (χ3v) is 5.46. The zero-order valence-electron chi connectivity index (χ0n) is 21.8. The van der Waals surface area contributed by atoms with Gasteiger partial charge in [0.25, 0.3) is 0 Å². The monoisotopic (exact) mass is 478 g/mol. The standard InChI is InChI=1S/C25H50O8/c1-6-7-8-9-25(26)33-21-24(20-32-19-23(17-30-5)11-14-28-3)12-15-31-18-22(16-29-4)10-13-27-2/h22-24H,6-21H2,1-5H3. The molecule has 0 bridgehead atoms. The van der Waals surface area contributed by atoms with Crippen LogP contribution in [0.2, 0.25) is 0 Å². The van der Waals surface area contributed by atoms with Crippen LogP contribution in [0.1, 0.15) is 51.9 Å². The van der Waals surface area contributed by atoms with Gasteiger partial charge in [0, 0.05) is 72.4 Å². The van der Waals surface area contributed by atoms with Gasteiger partial charge in [0.2, 0.25) is 0 Å². The van der Waals surface area contributed by atoms with Crippen LogP contribution in [0, 0.1) is 17.8 Å². The Morgan fingerprint density at radius 2 is 1.12 bits per heavy atom. The maximum atomic E-state index is 12.0. The molecule has 8 nitrogen and oxygen atoms in total. The molecule has 198 valence electrons. The smallest absolute Gasteiger partial charge is 0.305 e. The SMILES string of the molecule is CCCCCC(=O)OCC(CCOCC(CCOC)COC)COCC(CCOC)COC. The second-order valence-corrected chi connectivity index (χ2v) is 8.61. The third kappa shape index (κ3) is 20.3. The zero-order chi connectivity index (χ0) is 24.6. The molecule has 8 heteroatoms. The first-order valence-corrected chi connectivity index (χ1v) is 12.4. The molecule has 0 aromatic rings. The van der Waals surface area contributed by atoms with Gasteiger partial charge in [-0.1, -0.05) is 19.8 Å². The number of hydrogen-bond acceptors (Lipinski definition) is 8. The van der Waals surface area contributed by atoms with Crippen LogP contribution in [-0.2, 0) is 38.0 Å². The van der Waals surface area contributed by atoms with Crippen molar-refractivity contribution in [3.8, 4) is 0 Å². The van der Waals surface area contributed by atoms with Crippen LogP contribution in [0.4, 0.5) is 0 Å². The lowest BCUT2D eigenvalue weighted by atomic mass is 10.1. The Labute approximate surface area is 201 Å². The highest BCUT2D eigenvalue weighted by Crippen LogP contribution is 2.12. The summed E-state index contributed by atoms with van der Waals surface area (Å²) in [5, 5.41) is 0. The van der Waals surface area contributed by atoms with Crippen LogP contribution in [-0.4, -0.2) is 93.9 Å². The first kappa shape index (κ1) is 32.2. The van der Waals surface area contributed by atoms with Crippen LogP contribution in [0.3, 0.4) is 0 Å². The molecule has 0 N–H and O–H groups in total. The quantitative estimate of drug-likeness (QED) is 0.145. The van der Waals surface area contributed by atoms with Gasteiger partial charge in [-0.15, -0.1) is 0 Å². The molecule has 0 saturated heterocycles. The predicted octanol–water partition coefficient (Wildman–Crippen LogP) is 3.75. The number of esters is 1. The summed E-state index contributed by atoms with van der Waals surface area (Å²) in [6, 6.07) is 0. The number of rotatable bonds is 25. The van der Waals surface area contributed by atoms with Crippen molar-refractivity contribution in [3.05, 3.63) is 0 Å². The molecule has 0 radical (unpaired) electrons. The first-order valence-electron chi connectivity index (χ1n) is 12.4. The van der Waals surface area contributed by atoms with Crippen LogP contribution in [0.15, 0.2) is 0 Å². The minimum Gasteiger partial charge on any atom is -0.465 e. The maximum absolute atomic E-state index is 12.0. The fourth-order valence-electron chi connectivity index (χ4n) is 3.39. The molecular weight excluding hydrogens is 428 g/mol. The van der Waals surface area contributed by atoms with E-state index in [0.717, 1.165) is 38.5 Å². The Hall–Kier alpha value is -0.770. The van der Waals surface area contributed by atoms with Gasteiger partial charge in [0.15, 0.2) is 0 Å². The molecule has 0 saturated carbocycles. The van der Waals surface area contributed by atoms with Gasteiger partial charge < -0.3 is 33.2 Å². The van der Waals surface area contributed by atoms with Gasteiger partial charge in [0.05, 0.1) is 39.6 Å². The van der Waals surface area contributed by atoms with E-state index in [2.05, 4.69) is 6.92 Å². The van der Waals surface area contributed by atoms with E-state index >= 15 is 0 Å². The lowest BCUT2D eigenvalue weighted by Crippen LogP contribution is -2.25. The van der Waals surface area contributed by atoms with Gasteiger partial charge in [-0.25, -0.2) is 0 Å². The second-order valence-electron chi connectivity index (χ2n) is 8.61. The third-order valence-electron chi connectivity index (χ3n) is 5.46. The van der Waals surface area contributed by atoms with Crippen molar-refractivity contribution in [2.75, 3.05) is 87.9 Å². The molecule has 0 rings (SSSR count). The Bertz CT molecular complexity index is 421. The number of methoxy groups -OCH3 is 4. The van der Waals surface area contributed by atoms with Gasteiger partial charge in [0.1, 0.15) is 0 Å². The Kier molecular flexibility index (Phi) is 23.8. The second kappa shape index (κ2) is 24.4. The van der Waals surface area contributed by atoms with Crippen molar-refractivity contribution in [1.29, 1.82) is 0 Å². The maximum Gasteiger partial charge on any atom is 0.305 e. The fourth-order valence-corrected chi connectivity index (χ4v) is 3.39. The van der Waals surface area contributed by atoms with Crippen LogP contribution in [0.5, 0.6) is 0 Å². The molecule has 0 fully saturated rings. The normalized spacial score (nSPS) is 14.2. The number of carbonyl (C=O) groups is 1. The summed E-state index contributed by atoms with van der Waals surface area (Å²) in [6.45, 7) is 7.42. The van der Waals surface area contributed by atoms with E-state index in [1.807, 2.05) is 0 Å². The fraction of sp³-hybridized carbons (Fsp3) is 0.960. The average molecular weight is 479 g/mol. The molecular formula is C25H50O8. The molecule has 0 aromatic heterocycles. The van der Waals surface area contributed by atoms with Crippen molar-refractivity contribution < 1.29 is 38.0 Å². The molecule has 3 atom stereocenters. The van der Waals surface area contributed by atoms with Crippen molar-refractivity contribution in [3.63, 3.8) is 0 Å². The van der Waals surface area contributed by atoms with Crippen LogP contribution >= 0.6 is 0 Å². The number of ether oxygens (including phenoxy) is 7. The minimum absolute atomic E-state index is 0.0885. The molecule has 0 aliphatic heterocycles. The zero-order valence-corrected chi connectivity index (χ0v) is 21.8. The summed E-state index contributed by atoms with van der Waals surface area (Å²) in [6.07, 6.45) is 6.02. The largest absolute Gasteiger partial charge is 0.465 e. The number of carbonyl (C=O) groups excluding carboxylic acids is 1. The van der Waals surface area contributed by atoms with E-state index in [9.17, 15) is 4.79 Å². The highest BCUT2D eigenvalue weighted by Gasteiger charge is 2.16. The topological polar surface area (TPSA) is 81.7 Å². The molecule has 33 heavy (non-hydrogen) atoms. The molecule has 0 aliphatic carbocycles. The molecule has 0 spiro atoms.